The topological polar surface area (TPSA) is 29.0 Å². The van der Waals surface area contributed by atoms with Crippen molar-refractivity contribution in [2.45, 2.75) is 6.92 Å². The van der Waals surface area contributed by atoms with Crippen molar-refractivity contribution in [3.05, 3.63) is 15.5 Å². The molecule has 0 amide bonds. The lowest BCUT2D eigenvalue weighted by Gasteiger charge is -2.28. The van der Waals surface area contributed by atoms with Crippen LogP contribution in [0.1, 0.15) is 5.69 Å². The minimum atomic E-state index is 0.323. The van der Waals surface area contributed by atoms with E-state index in [1.54, 1.807) is 0 Å². The molecular weight excluding hydrogens is 298 g/mol. The molecule has 1 saturated heterocycles. The highest BCUT2D eigenvalue weighted by Gasteiger charge is 2.17. The summed E-state index contributed by atoms with van der Waals surface area (Å²) in [5.41, 5.74) is 0.892. The predicted molar refractivity (Wildman–Crippen MR) is 69.0 cm³/mol. The summed E-state index contributed by atoms with van der Waals surface area (Å²) in [6.45, 7) is 3.98. The van der Waals surface area contributed by atoms with E-state index in [9.17, 15) is 0 Å². The average molecular weight is 309 g/mol. The molecule has 1 aliphatic heterocycles. The first-order chi connectivity index (χ1) is 7.18. The van der Waals surface area contributed by atoms with Crippen molar-refractivity contribution in [2.24, 2.45) is 0 Å². The van der Waals surface area contributed by atoms with E-state index in [0.29, 0.717) is 5.28 Å². The van der Waals surface area contributed by atoms with Gasteiger partial charge in [-0.2, -0.15) is 16.7 Å². The van der Waals surface area contributed by atoms with Crippen LogP contribution in [0.25, 0.3) is 0 Å². The summed E-state index contributed by atoms with van der Waals surface area (Å²) in [6, 6.07) is 0. The van der Waals surface area contributed by atoms with E-state index >= 15 is 0 Å². The van der Waals surface area contributed by atoms with Crippen LogP contribution in [0.15, 0.2) is 4.47 Å². The smallest absolute Gasteiger partial charge is 0.224 e. The van der Waals surface area contributed by atoms with E-state index in [2.05, 4.69) is 30.8 Å². The minimum Gasteiger partial charge on any atom is -0.354 e. The van der Waals surface area contributed by atoms with Crippen LogP contribution < -0.4 is 4.90 Å². The molecule has 0 spiro atoms. The largest absolute Gasteiger partial charge is 0.354 e. The van der Waals surface area contributed by atoms with E-state index < -0.39 is 0 Å². The van der Waals surface area contributed by atoms with Crippen LogP contribution in [0.4, 0.5) is 5.82 Å². The molecule has 0 radical (unpaired) electrons. The first-order valence-electron chi connectivity index (χ1n) is 4.71. The second-order valence-electron chi connectivity index (χ2n) is 3.32. The molecule has 1 aromatic heterocycles. The molecule has 2 heterocycles. The fraction of sp³-hybridized carbons (Fsp3) is 0.556. The molecule has 1 aromatic rings. The van der Waals surface area contributed by atoms with Gasteiger partial charge in [-0.3, -0.25) is 0 Å². The van der Waals surface area contributed by atoms with Gasteiger partial charge >= 0.3 is 0 Å². The second kappa shape index (κ2) is 4.89. The van der Waals surface area contributed by atoms with Crippen molar-refractivity contribution >= 4 is 45.1 Å². The molecular formula is C9H11BrClN3S. The quantitative estimate of drug-likeness (QED) is 0.746. The Morgan fingerprint density at radius 3 is 2.67 bits per heavy atom. The minimum absolute atomic E-state index is 0.323. The van der Waals surface area contributed by atoms with Crippen LogP contribution in [0.3, 0.4) is 0 Å². The number of aryl methyl sites for hydroxylation is 1. The first kappa shape index (κ1) is 11.5. The summed E-state index contributed by atoms with van der Waals surface area (Å²) >= 11 is 11.4. The zero-order valence-electron chi connectivity index (χ0n) is 8.33. The molecule has 1 fully saturated rings. The van der Waals surface area contributed by atoms with Crippen LogP contribution in [0.2, 0.25) is 5.28 Å². The fourth-order valence-electron chi connectivity index (χ4n) is 1.50. The molecule has 1 aliphatic rings. The molecule has 0 unspecified atom stereocenters. The van der Waals surface area contributed by atoms with Gasteiger partial charge < -0.3 is 4.90 Å². The average Bonchev–Trinajstić information content (AvgIpc) is 2.24. The summed E-state index contributed by atoms with van der Waals surface area (Å²) in [5.74, 6) is 3.22. The van der Waals surface area contributed by atoms with Crippen LogP contribution in [0, 0.1) is 6.92 Å². The Balaban J connectivity index is 2.33. The lowest BCUT2D eigenvalue weighted by Crippen LogP contribution is -2.33. The highest BCUT2D eigenvalue weighted by Crippen LogP contribution is 2.29. The molecule has 0 aliphatic carbocycles. The van der Waals surface area contributed by atoms with E-state index in [1.807, 2.05) is 18.7 Å². The van der Waals surface area contributed by atoms with Crippen molar-refractivity contribution in [1.29, 1.82) is 0 Å². The van der Waals surface area contributed by atoms with Crippen LogP contribution >= 0.6 is 39.3 Å². The molecule has 2 rings (SSSR count). The van der Waals surface area contributed by atoms with E-state index in [0.717, 1.165) is 40.6 Å². The Hall–Kier alpha value is 0. The van der Waals surface area contributed by atoms with Crippen LogP contribution in [-0.4, -0.2) is 34.6 Å². The monoisotopic (exact) mass is 307 g/mol. The zero-order valence-corrected chi connectivity index (χ0v) is 11.5. The number of halogens is 2. The van der Waals surface area contributed by atoms with Crippen LogP contribution in [0.5, 0.6) is 0 Å². The normalized spacial score (nSPS) is 16.9. The van der Waals surface area contributed by atoms with Gasteiger partial charge in [-0.15, -0.1) is 0 Å². The zero-order chi connectivity index (χ0) is 10.8. The van der Waals surface area contributed by atoms with E-state index in [4.69, 9.17) is 11.6 Å². The molecule has 0 saturated carbocycles. The number of aromatic nitrogens is 2. The summed E-state index contributed by atoms with van der Waals surface area (Å²) in [5, 5.41) is 0.323. The summed E-state index contributed by atoms with van der Waals surface area (Å²) in [7, 11) is 0. The molecule has 6 heteroatoms. The summed E-state index contributed by atoms with van der Waals surface area (Å²) in [4.78, 5) is 10.6. The van der Waals surface area contributed by atoms with Gasteiger partial charge in [0.05, 0.1) is 10.2 Å². The Kier molecular flexibility index (Phi) is 3.74. The van der Waals surface area contributed by atoms with E-state index in [1.165, 1.54) is 0 Å². The van der Waals surface area contributed by atoms with Crippen molar-refractivity contribution in [3.8, 4) is 0 Å². The van der Waals surface area contributed by atoms with E-state index in [-0.39, 0.29) is 0 Å². The third-order valence-corrected chi connectivity index (χ3v) is 4.32. The fourth-order valence-corrected chi connectivity index (χ4v) is 3.03. The molecule has 0 aromatic carbocycles. The lowest BCUT2D eigenvalue weighted by atomic mass is 10.4. The number of thioether (sulfide) groups is 1. The third-order valence-electron chi connectivity index (χ3n) is 2.28. The van der Waals surface area contributed by atoms with Crippen LogP contribution in [-0.2, 0) is 0 Å². The Morgan fingerprint density at radius 2 is 2.00 bits per heavy atom. The molecule has 82 valence electrons. The number of rotatable bonds is 1. The van der Waals surface area contributed by atoms with Crippen molar-refractivity contribution in [3.63, 3.8) is 0 Å². The van der Waals surface area contributed by atoms with Gasteiger partial charge in [0.15, 0.2) is 0 Å². The Morgan fingerprint density at radius 1 is 1.33 bits per heavy atom. The number of nitrogens with zero attached hydrogens (tertiary/aromatic N) is 3. The second-order valence-corrected chi connectivity index (χ2v) is 5.67. The molecule has 3 nitrogen and oxygen atoms in total. The number of hydrogen-bond acceptors (Lipinski definition) is 4. The highest BCUT2D eigenvalue weighted by atomic mass is 79.9. The predicted octanol–water partition coefficient (Wildman–Crippen LogP) is 2.75. The maximum Gasteiger partial charge on any atom is 0.224 e. The van der Waals surface area contributed by atoms with Gasteiger partial charge in [0, 0.05) is 24.6 Å². The van der Waals surface area contributed by atoms with Gasteiger partial charge in [-0.05, 0) is 34.5 Å². The Bertz CT molecular complexity index is 369. The van der Waals surface area contributed by atoms with Crippen molar-refractivity contribution in [1.82, 2.24) is 9.97 Å². The lowest BCUT2D eigenvalue weighted by molar-refractivity contribution is 0.828. The standard InChI is InChI=1S/C9H11BrClN3S/c1-6-7(10)8(13-9(11)12-6)14-2-4-15-5-3-14/h2-5H2,1H3. The van der Waals surface area contributed by atoms with Gasteiger partial charge in [-0.1, -0.05) is 0 Å². The maximum atomic E-state index is 5.87. The maximum absolute atomic E-state index is 5.87. The third kappa shape index (κ3) is 2.57. The Labute approximate surface area is 107 Å². The van der Waals surface area contributed by atoms with Gasteiger partial charge in [0.25, 0.3) is 0 Å². The van der Waals surface area contributed by atoms with Gasteiger partial charge in [-0.25, -0.2) is 4.98 Å². The molecule has 0 bridgehead atoms. The van der Waals surface area contributed by atoms with Crippen molar-refractivity contribution < 1.29 is 0 Å². The van der Waals surface area contributed by atoms with Gasteiger partial charge in [0.1, 0.15) is 5.82 Å². The molecule has 0 N–H and O–H groups in total. The molecule has 0 atom stereocenters. The molecule has 15 heavy (non-hydrogen) atoms. The number of hydrogen-bond donors (Lipinski definition) is 0. The van der Waals surface area contributed by atoms with Crippen molar-refractivity contribution in [2.75, 3.05) is 29.5 Å². The number of anilines is 1. The van der Waals surface area contributed by atoms with Gasteiger partial charge in [0.2, 0.25) is 5.28 Å². The first-order valence-corrected chi connectivity index (χ1v) is 7.03. The SMILES string of the molecule is Cc1nc(Cl)nc(N2CCSCC2)c1Br. The summed E-state index contributed by atoms with van der Waals surface area (Å²) in [6.07, 6.45) is 0. The highest BCUT2D eigenvalue weighted by molar-refractivity contribution is 9.10. The summed E-state index contributed by atoms with van der Waals surface area (Å²) < 4.78 is 0.957.